The molecule has 0 atom stereocenters. The van der Waals surface area contributed by atoms with Gasteiger partial charge in [-0.3, -0.25) is 4.79 Å². The first-order valence-electron chi connectivity index (χ1n) is 5.84. The molecule has 0 fully saturated rings. The fourth-order valence-corrected chi connectivity index (χ4v) is 1.86. The third-order valence-corrected chi connectivity index (χ3v) is 3.01. The van der Waals surface area contributed by atoms with Gasteiger partial charge in [0.1, 0.15) is 12.4 Å². The number of carbonyl (C=O) groups is 1. The topological polar surface area (TPSA) is 26.3 Å². The van der Waals surface area contributed by atoms with Crippen LogP contribution in [0.4, 0.5) is 8.78 Å². The number of halogens is 3. The Kier molecular flexibility index (Phi) is 4.35. The van der Waals surface area contributed by atoms with E-state index in [1.165, 1.54) is 19.1 Å². The monoisotopic (exact) mass is 296 g/mol. The molecule has 0 amide bonds. The Morgan fingerprint density at radius 3 is 2.50 bits per heavy atom. The number of hydrogen-bond acceptors (Lipinski definition) is 2. The van der Waals surface area contributed by atoms with Crippen molar-refractivity contribution in [3.63, 3.8) is 0 Å². The van der Waals surface area contributed by atoms with E-state index in [0.29, 0.717) is 21.9 Å². The predicted octanol–water partition coefficient (Wildman–Crippen LogP) is 4.40. The van der Waals surface area contributed by atoms with Crippen molar-refractivity contribution >= 4 is 17.4 Å². The van der Waals surface area contributed by atoms with Gasteiger partial charge in [0, 0.05) is 5.56 Å². The molecule has 5 heteroatoms. The number of carbonyl (C=O) groups excluding carboxylic acids is 1. The van der Waals surface area contributed by atoms with E-state index in [9.17, 15) is 13.6 Å². The Balaban J connectivity index is 2.10. The maximum Gasteiger partial charge on any atom is 0.159 e. The van der Waals surface area contributed by atoms with Crippen molar-refractivity contribution in [2.24, 2.45) is 0 Å². The minimum absolute atomic E-state index is 0.0519. The third-order valence-electron chi connectivity index (χ3n) is 2.72. The summed E-state index contributed by atoms with van der Waals surface area (Å²) in [6.45, 7) is 1.49. The zero-order valence-electron chi connectivity index (χ0n) is 10.6. The molecule has 0 radical (unpaired) electrons. The number of ketones is 1. The van der Waals surface area contributed by atoms with Crippen molar-refractivity contribution in [2.45, 2.75) is 13.5 Å². The fourth-order valence-electron chi connectivity index (χ4n) is 1.63. The molecule has 0 aliphatic carbocycles. The molecule has 0 bridgehead atoms. The van der Waals surface area contributed by atoms with Gasteiger partial charge in [0.05, 0.1) is 5.02 Å². The lowest BCUT2D eigenvalue weighted by molar-refractivity contribution is 0.101. The summed E-state index contributed by atoms with van der Waals surface area (Å²) in [7, 11) is 0. The smallest absolute Gasteiger partial charge is 0.159 e. The number of hydrogen-bond donors (Lipinski definition) is 0. The minimum atomic E-state index is -0.927. The first-order chi connectivity index (χ1) is 9.47. The highest BCUT2D eigenvalue weighted by Crippen LogP contribution is 2.26. The minimum Gasteiger partial charge on any atom is -0.487 e. The van der Waals surface area contributed by atoms with Crippen LogP contribution in [0.2, 0.25) is 5.02 Å². The first-order valence-corrected chi connectivity index (χ1v) is 6.22. The van der Waals surface area contributed by atoms with E-state index < -0.39 is 11.6 Å². The van der Waals surface area contributed by atoms with Crippen LogP contribution in [0.1, 0.15) is 22.8 Å². The largest absolute Gasteiger partial charge is 0.487 e. The average molecular weight is 297 g/mol. The molecule has 2 nitrogen and oxygen atoms in total. The van der Waals surface area contributed by atoms with Crippen molar-refractivity contribution < 1.29 is 18.3 Å². The van der Waals surface area contributed by atoms with Gasteiger partial charge in [-0.05, 0) is 42.8 Å². The van der Waals surface area contributed by atoms with Gasteiger partial charge in [-0.2, -0.15) is 0 Å². The lowest BCUT2D eigenvalue weighted by Gasteiger charge is -2.09. The van der Waals surface area contributed by atoms with E-state index >= 15 is 0 Å². The van der Waals surface area contributed by atoms with Gasteiger partial charge in [0.15, 0.2) is 17.4 Å². The lowest BCUT2D eigenvalue weighted by Crippen LogP contribution is -1.99. The second kappa shape index (κ2) is 6.01. The van der Waals surface area contributed by atoms with Crippen LogP contribution >= 0.6 is 11.6 Å². The Morgan fingerprint density at radius 1 is 1.15 bits per heavy atom. The Bertz CT molecular complexity index is 656. The van der Waals surface area contributed by atoms with Crippen molar-refractivity contribution in [3.8, 4) is 5.75 Å². The Morgan fingerprint density at radius 2 is 1.90 bits per heavy atom. The first kappa shape index (κ1) is 14.5. The van der Waals surface area contributed by atoms with Gasteiger partial charge in [-0.1, -0.05) is 17.7 Å². The zero-order chi connectivity index (χ0) is 14.7. The molecule has 0 saturated heterocycles. The van der Waals surface area contributed by atoms with Crippen LogP contribution < -0.4 is 4.74 Å². The predicted molar refractivity (Wildman–Crippen MR) is 72.1 cm³/mol. The molecule has 2 rings (SSSR count). The summed E-state index contributed by atoms with van der Waals surface area (Å²) in [6.07, 6.45) is 0. The second-order valence-electron chi connectivity index (χ2n) is 4.24. The van der Waals surface area contributed by atoms with Crippen LogP contribution in [0, 0.1) is 11.6 Å². The molecule has 0 unspecified atom stereocenters. The van der Waals surface area contributed by atoms with Crippen LogP contribution in [0.25, 0.3) is 0 Å². The van der Waals surface area contributed by atoms with Crippen molar-refractivity contribution in [1.82, 2.24) is 0 Å². The van der Waals surface area contributed by atoms with E-state index in [4.69, 9.17) is 16.3 Å². The Hall–Kier alpha value is -1.94. The van der Waals surface area contributed by atoms with E-state index in [1.54, 1.807) is 12.1 Å². The fraction of sp³-hybridized carbons (Fsp3) is 0.133. The van der Waals surface area contributed by atoms with Gasteiger partial charge in [-0.25, -0.2) is 8.78 Å². The average Bonchev–Trinajstić information content (AvgIpc) is 2.41. The van der Waals surface area contributed by atoms with Crippen molar-refractivity contribution in [3.05, 3.63) is 64.2 Å². The molecule has 104 valence electrons. The molecule has 20 heavy (non-hydrogen) atoms. The summed E-state index contributed by atoms with van der Waals surface area (Å²) in [6, 6.07) is 8.19. The molecule has 0 saturated carbocycles. The maximum atomic E-state index is 13.0. The third kappa shape index (κ3) is 3.33. The second-order valence-corrected chi connectivity index (χ2v) is 4.65. The highest BCUT2D eigenvalue weighted by Gasteiger charge is 2.07. The van der Waals surface area contributed by atoms with Crippen molar-refractivity contribution in [2.75, 3.05) is 0 Å². The summed E-state index contributed by atoms with van der Waals surface area (Å²) in [5, 5.41) is 0.292. The summed E-state index contributed by atoms with van der Waals surface area (Å²) in [5.74, 6) is -1.55. The van der Waals surface area contributed by atoms with Crippen molar-refractivity contribution in [1.29, 1.82) is 0 Å². The quantitative estimate of drug-likeness (QED) is 0.782. The SMILES string of the molecule is CC(=O)c1ccc(OCc2ccc(F)c(F)c2)c(Cl)c1. The maximum absolute atomic E-state index is 13.0. The molecule has 0 heterocycles. The molecule has 0 N–H and O–H groups in total. The summed E-state index contributed by atoms with van der Waals surface area (Å²) in [4.78, 5) is 11.2. The van der Waals surface area contributed by atoms with Gasteiger partial charge < -0.3 is 4.74 Å². The number of Topliss-reactive ketones (excluding diaryl/α,β-unsaturated/α-hetero) is 1. The molecule has 2 aromatic rings. The summed E-state index contributed by atoms with van der Waals surface area (Å²) >= 11 is 5.98. The molecular formula is C15H11ClF2O2. The number of benzene rings is 2. The molecular weight excluding hydrogens is 286 g/mol. The van der Waals surface area contributed by atoms with E-state index in [2.05, 4.69) is 0 Å². The molecule has 0 aromatic heterocycles. The van der Waals surface area contributed by atoms with Crippen LogP contribution in [0.15, 0.2) is 36.4 Å². The van der Waals surface area contributed by atoms with Gasteiger partial charge in [-0.15, -0.1) is 0 Å². The van der Waals surface area contributed by atoms with Crippen LogP contribution in [-0.2, 0) is 6.61 Å². The normalized spacial score (nSPS) is 10.4. The highest BCUT2D eigenvalue weighted by molar-refractivity contribution is 6.32. The van der Waals surface area contributed by atoms with Gasteiger partial charge in [0.2, 0.25) is 0 Å². The number of rotatable bonds is 4. The Labute approximate surface area is 119 Å². The molecule has 0 aliphatic heterocycles. The standard InChI is InChI=1S/C15H11ClF2O2/c1-9(19)11-3-5-15(12(16)7-11)20-8-10-2-4-13(17)14(18)6-10/h2-7H,8H2,1H3. The van der Waals surface area contributed by atoms with E-state index in [-0.39, 0.29) is 12.4 Å². The zero-order valence-corrected chi connectivity index (χ0v) is 11.4. The van der Waals surface area contributed by atoms with Gasteiger partial charge in [0.25, 0.3) is 0 Å². The molecule has 0 spiro atoms. The molecule has 0 aliphatic rings. The van der Waals surface area contributed by atoms with Gasteiger partial charge >= 0.3 is 0 Å². The lowest BCUT2D eigenvalue weighted by atomic mass is 10.1. The van der Waals surface area contributed by atoms with E-state index in [1.807, 2.05) is 0 Å². The van der Waals surface area contributed by atoms with E-state index in [0.717, 1.165) is 12.1 Å². The van der Waals surface area contributed by atoms with Crippen LogP contribution in [-0.4, -0.2) is 5.78 Å². The summed E-state index contributed by atoms with van der Waals surface area (Å²) < 4.78 is 31.2. The van der Waals surface area contributed by atoms with Crippen LogP contribution in [0.5, 0.6) is 5.75 Å². The van der Waals surface area contributed by atoms with Crippen LogP contribution in [0.3, 0.4) is 0 Å². The summed E-state index contributed by atoms with van der Waals surface area (Å²) in [5.41, 5.74) is 0.964. The number of ether oxygens (including phenoxy) is 1. The highest BCUT2D eigenvalue weighted by atomic mass is 35.5. The molecule has 2 aromatic carbocycles.